The van der Waals surface area contributed by atoms with Gasteiger partial charge in [-0.1, -0.05) is 38.8 Å². The van der Waals surface area contributed by atoms with Crippen LogP contribution in [-0.4, -0.2) is 17.3 Å². The second kappa shape index (κ2) is 6.60. The van der Waals surface area contributed by atoms with Crippen molar-refractivity contribution in [1.29, 1.82) is 0 Å². The van der Waals surface area contributed by atoms with Crippen LogP contribution in [0.25, 0.3) is 0 Å². The predicted octanol–water partition coefficient (Wildman–Crippen LogP) is 3.57. The van der Waals surface area contributed by atoms with Crippen LogP contribution in [0.2, 0.25) is 0 Å². The molecule has 17 heavy (non-hydrogen) atoms. The molecular formula is C14H22FNO. The predicted molar refractivity (Wildman–Crippen MR) is 69.7 cm³/mol. The minimum absolute atomic E-state index is 0.0308. The fourth-order valence-electron chi connectivity index (χ4n) is 2.25. The fraction of sp³-hybridized carbons (Fsp3) is 0.571. The molecule has 0 radical (unpaired) electrons. The van der Waals surface area contributed by atoms with E-state index in [0.717, 1.165) is 25.7 Å². The topological polar surface area (TPSA) is 32.3 Å². The number of hydrogen-bond donors (Lipinski definition) is 2. The van der Waals surface area contributed by atoms with Crippen LogP contribution in [-0.2, 0) is 0 Å². The van der Waals surface area contributed by atoms with Gasteiger partial charge in [-0.05, 0) is 25.0 Å². The van der Waals surface area contributed by atoms with Crippen LogP contribution in [0.15, 0.2) is 24.3 Å². The Morgan fingerprint density at radius 1 is 1.18 bits per heavy atom. The minimum atomic E-state index is -0.397. The highest BCUT2D eigenvalue weighted by Crippen LogP contribution is 2.26. The van der Waals surface area contributed by atoms with Gasteiger partial charge < -0.3 is 10.4 Å². The molecule has 0 atom stereocenters. The smallest absolute Gasteiger partial charge is 0.146 e. The van der Waals surface area contributed by atoms with Crippen molar-refractivity contribution in [3.05, 3.63) is 30.1 Å². The molecule has 1 aromatic rings. The minimum Gasteiger partial charge on any atom is -0.394 e. The first-order valence-electron chi connectivity index (χ1n) is 6.31. The summed E-state index contributed by atoms with van der Waals surface area (Å²) in [7, 11) is 0. The zero-order valence-electron chi connectivity index (χ0n) is 10.7. The van der Waals surface area contributed by atoms with Crippen molar-refractivity contribution < 1.29 is 9.50 Å². The van der Waals surface area contributed by atoms with Crippen molar-refractivity contribution in [2.75, 3.05) is 11.9 Å². The first-order chi connectivity index (χ1) is 8.17. The molecule has 3 heteroatoms. The van der Waals surface area contributed by atoms with E-state index in [1.165, 1.54) is 6.07 Å². The van der Waals surface area contributed by atoms with Crippen LogP contribution in [0.1, 0.15) is 39.5 Å². The van der Waals surface area contributed by atoms with Crippen LogP contribution in [0.3, 0.4) is 0 Å². The van der Waals surface area contributed by atoms with Gasteiger partial charge in [0.05, 0.1) is 17.8 Å². The lowest BCUT2D eigenvalue weighted by Crippen LogP contribution is -2.42. The summed E-state index contributed by atoms with van der Waals surface area (Å²) in [6.07, 6.45) is 3.60. The van der Waals surface area contributed by atoms with Crippen molar-refractivity contribution in [1.82, 2.24) is 0 Å². The van der Waals surface area contributed by atoms with Crippen molar-refractivity contribution in [3.8, 4) is 0 Å². The Balaban J connectivity index is 2.88. The second-order valence-electron chi connectivity index (χ2n) is 4.54. The summed E-state index contributed by atoms with van der Waals surface area (Å²) in [6, 6.07) is 6.61. The van der Waals surface area contributed by atoms with Gasteiger partial charge in [-0.3, -0.25) is 0 Å². The van der Waals surface area contributed by atoms with Gasteiger partial charge >= 0.3 is 0 Å². The van der Waals surface area contributed by atoms with E-state index in [2.05, 4.69) is 19.2 Å². The maximum absolute atomic E-state index is 13.6. The number of para-hydroxylation sites is 1. The number of anilines is 1. The standard InChI is InChI=1S/C14H22FNO/c1-3-9-14(11-17,10-4-2)16-13-8-6-5-7-12(13)15/h5-8,16-17H,3-4,9-11H2,1-2H3. The number of hydrogen-bond acceptors (Lipinski definition) is 2. The Morgan fingerprint density at radius 3 is 2.24 bits per heavy atom. The van der Waals surface area contributed by atoms with Gasteiger partial charge in [-0.25, -0.2) is 4.39 Å². The van der Waals surface area contributed by atoms with Gasteiger partial charge in [0.25, 0.3) is 0 Å². The average Bonchev–Trinajstić information content (AvgIpc) is 2.33. The molecule has 0 saturated carbocycles. The SMILES string of the molecule is CCCC(CO)(CCC)Nc1ccccc1F. The van der Waals surface area contributed by atoms with Gasteiger partial charge in [0, 0.05) is 0 Å². The van der Waals surface area contributed by atoms with Crippen LogP contribution < -0.4 is 5.32 Å². The number of aliphatic hydroxyl groups excluding tert-OH is 1. The van der Waals surface area contributed by atoms with Gasteiger partial charge in [0.15, 0.2) is 0 Å². The normalized spacial score (nSPS) is 11.5. The molecular weight excluding hydrogens is 217 g/mol. The summed E-state index contributed by atoms with van der Waals surface area (Å²) in [5.74, 6) is -0.266. The zero-order valence-corrected chi connectivity index (χ0v) is 10.7. The zero-order chi connectivity index (χ0) is 12.7. The molecule has 0 bridgehead atoms. The molecule has 0 amide bonds. The Morgan fingerprint density at radius 2 is 1.76 bits per heavy atom. The first-order valence-corrected chi connectivity index (χ1v) is 6.31. The summed E-state index contributed by atoms with van der Waals surface area (Å²) in [4.78, 5) is 0. The molecule has 1 aromatic carbocycles. The fourth-order valence-corrected chi connectivity index (χ4v) is 2.25. The molecule has 0 aromatic heterocycles. The molecule has 96 valence electrons. The lowest BCUT2D eigenvalue weighted by atomic mass is 9.89. The third-order valence-electron chi connectivity index (χ3n) is 3.03. The first kappa shape index (κ1) is 14.0. The van der Waals surface area contributed by atoms with Crippen molar-refractivity contribution in [2.24, 2.45) is 0 Å². The second-order valence-corrected chi connectivity index (χ2v) is 4.54. The number of halogens is 1. The third kappa shape index (κ3) is 3.70. The van der Waals surface area contributed by atoms with Gasteiger partial charge in [-0.15, -0.1) is 0 Å². The van der Waals surface area contributed by atoms with E-state index in [4.69, 9.17) is 0 Å². The molecule has 0 aliphatic heterocycles. The number of aliphatic hydroxyl groups is 1. The van der Waals surface area contributed by atoms with E-state index in [0.29, 0.717) is 5.69 Å². The van der Waals surface area contributed by atoms with E-state index in [1.807, 2.05) is 0 Å². The third-order valence-corrected chi connectivity index (χ3v) is 3.03. The van der Waals surface area contributed by atoms with Gasteiger partial charge in [0.2, 0.25) is 0 Å². The Hall–Kier alpha value is -1.09. The Labute approximate surface area is 103 Å². The van der Waals surface area contributed by atoms with Crippen LogP contribution in [0, 0.1) is 5.82 Å². The number of nitrogens with one attached hydrogen (secondary N) is 1. The Bertz CT molecular complexity index is 335. The summed E-state index contributed by atoms with van der Waals surface area (Å²) in [5, 5.41) is 12.8. The maximum atomic E-state index is 13.6. The van der Waals surface area contributed by atoms with E-state index in [1.54, 1.807) is 18.2 Å². The molecule has 0 saturated heterocycles. The van der Waals surface area contributed by atoms with Gasteiger partial charge in [-0.2, -0.15) is 0 Å². The highest BCUT2D eigenvalue weighted by atomic mass is 19.1. The monoisotopic (exact) mass is 239 g/mol. The van der Waals surface area contributed by atoms with Crippen molar-refractivity contribution in [3.63, 3.8) is 0 Å². The van der Waals surface area contributed by atoms with E-state index in [9.17, 15) is 9.50 Å². The molecule has 0 heterocycles. The van der Waals surface area contributed by atoms with E-state index in [-0.39, 0.29) is 12.4 Å². The number of rotatable bonds is 7. The summed E-state index contributed by atoms with van der Waals surface area (Å²) in [6.45, 7) is 4.18. The van der Waals surface area contributed by atoms with Gasteiger partial charge in [0.1, 0.15) is 5.82 Å². The molecule has 0 spiro atoms. The highest BCUT2D eigenvalue weighted by Gasteiger charge is 2.27. The molecule has 2 nitrogen and oxygen atoms in total. The van der Waals surface area contributed by atoms with Crippen LogP contribution >= 0.6 is 0 Å². The summed E-state index contributed by atoms with van der Waals surface area (Å²) in [5.41, 5.74) is 0.0783. The van der Waals surface area contributed by atoms with Crippen molar-refractivity contribution in [2.45, 2.75) is 45.1 Å². The highest BCUT2D eigenvalue weighted by molar-refractivity contribution is 5.46. The lowest BCUT2D eigenvalue weighted by Gasteiger charge is -2.34. The van der Waals surface area contributed by atoms with E-state index < -0.39 is 5.54 Å². The Kier molecular flexibility index (Phi) is 5.42. The largest absolute Gasteiger partial charge is 0.394 e. The molecule has 0 aliphatic rings. The van der Waals surface area contributed by atoms with Crippen LogP contribution in [0.5, 0.6) is 0 Å². The van der Waals surface area contributed by atoms with E-state index >= 15 is 0 Å². The average molecular weight is 239 g/mol. The summed E-state index contributed by atoms with van der Waals surface area (Å²) >= 11 is 0. The van der Waals surface area contributed by atoms with Crippen molar-refractivity contribution >= 4 is 5.69 Å². The molecule has 0 aliphatic carbocycles. The quantitative estimate of drug-likeness (QED) is 0.762. The number of benzene rings is 1. The molecule has 0 fully saturated rings. The summed E-state index contributed by atoms with van der Waals surface area (Å²) < 4.78 is 13.6. The lowest BCUT2D eigenvalue weighted by molar-refractivity contribution is 0.191. The molecule has 0 unspecified atom stereocenters. The molecule has 1 rings (SSSR count). The molecule has 2 N–H and O–H groups in total. The van der Waals surface area contributed by atoms with Crippen LogP contribution in [0.4, 0.5) is 10.1 Å². The maximum Gasteiger partial charge on any atom is 0.146 e.